The highest BCUT2D eigenvalue weighted by Crippen LogP contribution is 2.35. The molecule has 0 radical (unpaired) electrons. The molecule has 0 aliphatic carbocycles. The Hall–Kier alpha value is -3.74. The van der Waals surface area contributed by atoms with E-state index in [0.29, 0.717) is 5.56 Å². The van der Waals surface area contributed by atoms with Gasteiger partial charge in [-0.2, -0.15) is 5.10 Å². The molecule has 4 aromatic carbocycles. The number of hydrogen-bond acceptors (Lipinski definition) is 2. The maximum atomic E-state index is 12.6. The van der Waals surface area contributed by atoms with Crippen LogP contribution in [-0.2, 0) is 0 Å². The number of halogens is 2. The van der Waals surface area contributed by atoms with E-state index in [1.54, 1.807) is 18.3 Å². The second-order valence-corrected chi connectivity index (χ2v) is 9.92. The molecule has 0 aliphatic heterocycles. The third-order valence-corrected chi connectivity index (χ3v) is 6.71. The second kappa shape index (κ2) is 10.9. The van der Waals surface area contributed by atoms with Gasteiger partial charge in [-0.05, 0) is 59.7 Å². The summed E-state index contributed by atoms with van der Waals surface area (Å²) in [5.41, 5.74) is 9.23. The average molecular weight is 599 g/mol. The molecule has 0 spiro atoms. The number of nitrogens with zero attached hydrogens (tertiary/aromatic N) is 2. The van der Waals surface area contributed by atoms with Gasteiger partial charge in [0.2, 0.25) is 0 Å². The molecule has 0 fully saturated rings. The van der Waals surface area contributed by atoms with Gasteiger partial charge in [0.15, 0.2) is 0 Å². The Morgan fingerprint density at radius 1 is 0.722 bits per heavy atom. The lowest BCUT2D eigenvalue weighted by Crippen LogP contribution is -2.17. The number of aromatic nitrogens is 1. The number of hydrogen-bond donors (Lipinski definition) is 1. The minimum absolute atomic E-state index is 0.274. The van der Waals surface area contributed by atoms with Crippen LogP contribution in [0.5, 0.6) is 0 Å². The fraction of sp³-hybridized carbons (Fsp3) is 0. The summed E-state index contributed by atoms with van der Waals surface area (Å²) in [6, 6.07) is 38.0. The molecule has 0 aliphatic rings. The van der Waals surface area contributed by atoms with Gasteiger partial charge in [-0.15, -0.1) is 0 Å². The van der Waals surface area contributed by atoms with Gasteiger partial charge in [-0.1, -0.05) is 98.6 Å². The molecular weight excluding hydrogens is 578 g/mol. The molecule has 0 atom stereocenters. The first-order valence-corrected chi connectivity index (χ1v) is 12.9. The molecule has 0 saturated heterocycles. The van der Waals surface area contributed by atoms with E-state index in [4.69, 9.17) is 0 Å². The summed E-state index contributed by atoms with van der Waals surface area (Å²) in [7, 11) is 0. The standard InChI is InChI=1S/C30H21Br2N3O/c31-25-14-16-27(17-15-25)35-28(21-8-3-1-4-9-21)19-24(29(35)22-10-5-2-6-11-22)20-33-34-30(36)23-12-7-13-26(32)18-23/h1-20H,(H,34,36)/b33-20-. The van der Waals surface area contributed by atoms with Gasteiger partial charge in [0.05, 0.1) is 17.6 Å². The van der Waals surface area contributed by atoms with E-state index in [1.807, 2.05) is 60.7 Å². The molecule has 1 N–H and O–H groups in total. The molecular formula is C30H21Br2N3O. The Labute approximate surface area is 226 Å². The lowest BCUT2D eigenvalue weighted by atomic mass is 10.1. The quantitative estimate of drug-likeness (QED) is 0.156. The number of carbonyl (C=O) groups is 1. The summed E-state index contributed by atoms with van der Waals surface area (Å²) >= 11 is 6.95. The predicted molar refractivity (Wildman–Crippen MR) is 154 cm³/mol. The molecule has 5 rings (SSSR count). The maximum Gasteiger partial charge on any atom is 0.271 e. The minimum atomic E-state index is -0.274. The van der Waals surface area contributed by atoms with E-state index in [-0.39, 0.29) is 5.91 Å². The summed E-state index contributed by atoms with van der Waals surface area (Å²) in [4.78, 5) is 12.6. The number of amides is 1. The number of hydrazone groups is 1. The average Bonchev–Trinajstić information content (AvgIpc) is 3.29. The van der Waals surface area contributed by atoms with Gasteiger partial charge in [0, 0.05) is 25.8 Å². The molecule has 0 saturated carbocycles. The highest BCUT2D eigenvalue weighted by atomic mass is 79.9. The van der Waals surface area contributed by atoms with Crippen LogP contribution >= 0.6 is 31.9 Å². The van der Waals surface area contributed by atoms with E-state index < -0.39 is 0 Å². The number of benzene rings is 4. The van der Waals surface area contributed by atoms with Gasteiger partial charge in [0.1, 0.15) is 0 Å². The van der Waals surface area contributed by atoms with E-state index in [0.717, 1.165) is 42.7 Å². The third kappa shape index (κ3) is 5.25. The fourth-order valence-electron chi connectivity index (χ4n) is 4.05. The van der Waals surface area contributed by atoms with Gasteiger partial charge < -0.3 is 4.57 Å². The Kier molecular flexibility index (Phi) is 7.26. The monoisotopic (exact) mass is 597 g/mol. The van der Waals surface area contributed by atoms with Crippen molar-refractivity contribution < 1.29 is 4.79 Å². The van der Waals surface area contributed by atoms with E-state index in [1.165, 1.54) is 0 Å². The first-order valence-electron chi connectivity index (χ1n) is 11.3. The van der Waals surface area contributed by atoms with Crippen LogP contribution in [0.2, 0.25) is 0 Å². The number of rotatable bonds is 6. The summed E-state index contributed by atoms with van der Waals surface area (Å²) in [6.45, 7) is 0. The van der Waals surface area contributed by atoms with Crippen molar-refractivity contribution in [2.75, 3.05) is 0 Å². The summed E-state index contributed by atoms with van der Waals surface area (Å²) < 4.78 is 4.08. The van der Waals surface area contributed by atoms with Crippen molar-refractivity contribution in [1.82, 2.24) is 9.99 Å². The topological polar surface area (TPSA) is 46.4 Å². The van der Waals surface area contributed by atoms with Gasteiger partial charge >= 0.3 is 0 Å². The third-order valence-electron chi connectivity index (χ3n) is 5.69. The van der Waals surface area contributed by atoms with E-state index in [9.17, 15) is 4.79 Å². The van der Waals surface area contributed by atoms with Gasteiger partial charge in [-0.3, -0.25) is 4.79 Å². The molecule has 4 nitrogen and oxygen atoms in total. The SMILES string of the molecule is O=C(N/N=C\c1cc(-c2ccccc2)n(-c2ccc(Br)cc2)c1-c1ccccc1)c1cccc(Br)c1. The van der Waals surface area contributed by atoms with E-state index in [2.05, 4.69) is 89.4 Å². The second-order valence-electron chi connectivity index (χ2n) is 8.09. The number of carbonyl (C=O) groups excluding carboxylic acids is 1. The van der Waals surface area contributed by atoms with Crippen LogP contribution in [0.25, 0.3) is 28.2 Å². The largest absolute Gasteiger partial charge is 0.309 e. The zero-order chi connectivity index (χ0) is 24.9. The Bertz CT molecular complexity index is 1530. The van der Waals surface area contributed by atoms with Crippen LogP contribution < -0.4 is 5.43 Å². The summed E-state index contributed by atoms with van der Waals surface area (Å²) in [5.74, 6) is -0.274. The Morgan fingerprint density at radius 2 is 1.39 bits per heavy atom. The highest BCUT2D eigenvalue weighted by Gasteiger charge is 2.18. The van der Waals surface area contributed by atoms with Crippen molar-refractivity contribution in [3.63, 3.8) is 0 Å². The van der Waals surface area contributed by atoms with Crippen molar-refractivity contribution in [3.8, 4) is 28.2 Å². The van der Waals surface area contributed by atoms with E-state index >= 15 is 0 Å². The summed E-state index contributed by atoms with van der Waals surface area (Å²) in [5, 5.41) is 4.33. The zero-order valence-electron chi connectivity index (χ0n) is 19.1. The lowest BCUT2D eigenvalue weighted by molar-refractivity contribution is 0.0955. The van der Waals surface area contributed by atoms with Crippen LogP contribution in [0.4, 0.5) is 0 Å². The summed E-state index contributed by atoms with van der Waals surface area (Å²) in [6.07, 6.45) is 1.71. The van der Waals surface area contributed by atoms with Crippen molar-refractivity contribution in [1.29, 1.82) is 0 Å². The molecule has 6 heteroatoms. The molecule has 0 bridgehead atoms. The van der Waals surface area contributed by atoms with Gasteiger partial charge in [0.25, 0.3) is 5.91 Å². The van der Waals surface area contributed by atoms with Crippen LogP contribution in [0.15, 0.2) is 129 Å². The van der Waals surface area contributed by atoms with Crippen LogP contribution in [0.3, 0.4) is 0 Å². The van der Waals surface area contributed by atoms with Gasteiger partial charge in [-0.25, -0.2) is 5.43 Å². The van der Waals surface area contributed by atoms with Crippen LogP contribution in [0.1, 0.15) is 15.9 Å². The smallest absolute Gasteiger partial charge is 0.271 e. The molecule has 1 amide bonds. The maximum absolute atomic E-state index is 12.6. The molecule has 1 heterocycles. The van der Waals surface area contributed by atoms with Crippen LogP contribution in [-0.4, -0.2) is 16.7 Å². The van der Waals surface area contributed by atoms with Crippen LogP contribution in [0, 0.1) is 0 Å². The molecule has 36 heavy (non-hydrogen) atoms. The number of nitrogens with one attached hydrogen (secondary N) is 1. The Morgan fingerprint density at radius 3 is 2.06 bits per heavy atom. The normalized spacial score (nSPS) is 11.1. The van der Waals surface area contributed by atoms with Crippen molar-refractivity contribution in [3.05, 3.63) is 135 Å². The molecule has 176 valence electrons. The predicted octanol–water partition coefficient (Wildman–Crippen LogP) is 8.10. The molecule has 5 aromatic rings. The first-order chi connectivity index (χ1) is 17.6. The first kappa shape index (κ1) is 24.0. The minimum Gasteiger partial charge on any atom is -0.309 e. The highest BCUT2D eigenvalue weighted by molar-refractivity contribution is 9.10. The molecule has 0 unspecified atom stereocenters. The fourth-order valence-corrected chi connectivity index (χ4v) is 4.72. The zero-order valence-corrected chi connectivity index (χ0v) is 22.3. The Balaban J connectivity index is 1.63. The van der Waals surface area contributed by atoms with Crippen molar-refractivity contribution in [2.45, 2.75) is 0 Å². The van der Waals surface area contributed by atoms with Crippen molar-refractivity contribution >= 4 is 44.0 Å². The van der Waals surface area contributed by atoms with Crippen molar-refractivity contribution in [2.24, 2.45) is 5.10 Å². The lowest BCUT2D eigenvalue weighted by Gasteiger charge is -2.15. The molecule has 1 aromatic heterocycles.